The van der Waals surface area contributed by atoms with E-state index in [1.165, 1.54) is 0 Å². The minimum atomic E-state index is -0.748. The van der Waals surface area contributed by atoms with Crippen molar-refractivity contribution < 1.29 is 14.7 Å². The summed E-state index contributed by atoms with van der Waals surface area (Å²) in [4.78, 5) is 24.3. The lowest BCUT2D eigenvalue weighted by Gasteiger charge is -2.21. The van der Waals surface area contributed by atoms with Crippen LogP contribution in [0.25, 0.3) is 0 Å². The van der Waals surface area contributed by atoms with E-state index in [1.54, 1.807) is 11.9 Å². The summed E-state index contributed by atoms with van der Waals surface area (Å²) in [7, 11) is 1.70. The number of hydrogen-bond donors (Lipinski definition) is 2. The second-order valence-electron chi connectivity index (χ2n) is 5.13. The largest absolute Gasteiger partial charge is 0.481 e. The van der Waals surface area contributed by atoms with Crippen LogP contribution in [0, 0.1) is 11.8 Å². The third kappa shape index (κ3) is 4.05. The minimum Gasteiger partial charge on any atom is -0.481 e. The fourth-order valence-corrected chi connectivity index (χ4v) is 2.44. The molecule has 5 heteroatoms. The molecule has 102 valence electrons. The Morgan fingerprint density at radius 1 is 1.44 bits per heavy atom. The zero-order chi connectivity index (χ0) is 13.7. The number of carbonyl (C=O) groups is 2. The number of rotatable bonds is 5. The highest BCUT2D eigenvalue weighted by Crippen LogP contribution is 2.31. The van der Waals surface area contributed by atoms with Crippen LogP contribution in [0.4, 0.5) is 4.79 Å². The maximum absolute atomic E-state index is 11.7. The van der Waals surface area contributed by atoms with E-state index in [2.05, 4.69) is 11.9 Å². The molecular weight excluding hydrogens is 232 g/mol. The van der Waals surface area contributed by atoms with Gasteiger partial charge in [0.15, 0.2) is 0 Å². The fourth-order valence-electron chi connectivity index (χ4n) is 2.44. The third-order valence-corrected chi connectivity index (χ3v) is 3.35. The van der Waals surface area contributed by atoms with Gasteiger partial charge in [0.1, 0.15) is 0 Å². The number of carbonyl (C=O) groups excluding carboxylic acids is 1. The van der Waals surface area contributed by atoms with Crippen LogP contribution in [-0.4, -0.2) is 42.1 Å². The van der Waals surface area contributed by atoms with Crippen molar-refractivity contribution in [2.24, 2.45) is 11.8 Å². The molecule has 0 aromatic rings. The first-order valence-electron chi connectivity index (χ1n) is 6.28. The number of aliphatic carboxylic acids is 1. The SMILES string of the molecule is C=C(C)CN(C)C(=O)NCC1CCCC1C(=O)O. The Morgan fingerprint density at radius 3 is 2.67 bits per heavy atom. The first-order valence-corrected chi connectivity index (χ1v) is 6.28. The van der Waals surface area contributed by atoms with Crippen LogP contribution in [0.3, 0.4) is 0 Å². The van der Waals surface area contributed by atoms with E-state index in [0.717, 1.165) is 24.8 Å². The average molecular weight is 254 g/mol. The second-order valence-corrected chi connectivity index (χ2v) is 5.13. The molecule has 2 N–H and O–H groups in total. The highest BCUT2D eigenvalue weighted by Gasteiger charge is 2.32. The molecule has 5 nitrogen and oxygen atoms in total. The van der Waals surface area contributed by atoms with E-state index >= 15 is 0 Å². The number of carboxylic acid groups (broad SMARTS) is 1. The predicted molar refractivity (Wildman–Crippen MR) is 69.3 cm³/mol. The van der Waals surface area contributed by atoms with Gasteiger partial charge in [-0.05, 0) is 25.7 Å². The van der Waals surface area contributed by atoms with Crippen LogP contribution in [0.1, 0.15) is 26.2 Å². The van der Waals surface area contributed by atoms with Crippen LogP contribution in [0.15, 0.2) is 12.2 Å². The van der Waals surface area contributed by atoms with Crippen LogP contribution in [0.2, 0.25) is 0 Å². The van der Waals surface area contributed by atoms with Crippen molar-refractivity contribution in [3.05, 3.63) is 12.2 Å². The van der Waals surface area contributed by atoms with E-state index in [-0.39, 0.29) is 17.9 Å². The summed E-state index contributed by atoms with van der Waals surface area (Å²) < 4.78 is 0. The summed E-state index contributed by atoms with van der Waals surface area (Å²) >= 11 is 0. The van der Waals surface area contributed by atoms with Crippen LogP contribution in [-0.2, 0) is 4.79 Å². The molecule has 1 aliphatic carbocycles. The zero-order valence-corrected chi connectivity index (χ0v) is 11.1. The molecule has 1 rings (SSSR count). The van der Waals surface area contributed by atoms with E-state index in [4.69, 9.17) is 5.11 Å². The number of urea groups is 1. The molecule has 18 heavy (non-hydrogen) atoms. The molecule has 0 aliphatic heterocycles. The Balaban J connectivity index is 2.38. The lowest BCUT2D eigenvalue weighted by Crippen LogP contribution is -2.41. The van der Waals surface area contributed by atoms with Gasteiger partial charge in [-0.25, -0.2) is 4.79 Å². The number of hydrogen-bond acceptors (Lipinski definition) is 2. The van der Waals surface area contributed by atoms with Crippen molar-refractivity contribution in [1.82, 2.24) is 10.2 Å². The molecule has 1 aliphatic rings. The Bertz CT molecular complexity index is 341. The fraction of sp³-hybridized carbons (Fsp3) is 0.692. The van der Waals surface area contributed by atoms with E-state index in [0.29, 0.717) is 13.1 Å². The lowest BCUT2D eigenvalue weighted by atomic mass is 9.96. The second kappa shape index (κ2) is 6.42. The van der Waals surface area contributed by atoms with E-state index in [9.17, 15) is 9.59 Å². The molecule has 0 aromatic carbocycles. The monoisotopic (exact) mass is 254 g/mol. The maximum Gasteiger partial charge on any atom is 0.317 e. The average Bonchev–Trinajstić information content (AvgIpc) is 2.72. The number of carboxylic acids is 1. The van der Waals surface area contributed by atoms with Gasteiger partial charge in [0, 0.05) is 20.1 Å². The molecular formula is C13H22N2O3. The smallest absolute Gasteiger partial charge is 0.317 e. The van der Waals surface area contributed by atoms with Crippen molar-refractivity contribution in [3.63, 3.8) is 0 Å². The summed E-state index contributed by atoms with van der Waals surface area (Å²) in [6.45, 7) is 6.57. The molecule has 0 aromatic heterocycles. The Kier molecular flexibility index (Phi) is 5.19. The Labute approximate surface area is 108 Å². The molecule has 2 unspecified atom stereocenters. The minimum absolute atomic E-state index is 0.0599. The van der Waals surface area contributed by atoms with Crippen molar-refractivity contribution in [2.45, 2.75) is 26.2 Å². The molecule has 0 saturated heterocycles. The molecule has 0 heterocycles. The number of likely N-dealkylation sites (N-methyl/N-ethyl adjacent to an activating group) is 1. The summed E-state index contributed by atoms with van der Waals surface area (Å²) in [6, 6.07) is -0.172. The number of nitrogens with zero attached hydrogens (tertiary/aromatic N) is 1. The highest BCUT2D eigenvalue weighted by molar-refractivity contribution is 5.74. The molecule has 0 spiro atoms. The lowest BCUT2D eigenvalue weighted by molar-refractivity contribution is -0.142. The van der Waals surface area contributed by atoms with Crippen LogP contribution >= 0.6 is 0 Å². The van der Waals surface area contributed by atoms with Crippen molar-refractivity contribution in [1.29, 1.82) is 0 Å². The normalized spacial score (nSPS) is 22.6. The number of nitrogens with one attached hydrogen (secondary N) is 1. The summed E-state index contributed by atoms with van der Waals surface area (Å²) in [5, 5.41) is 11.8. The zero-order valence-electron chi connectivity index (χ0n) is 11.1. The predicted octanol–water partition coefficient (Wildman–Crippen LogP) is 1.70. The quantitative estimate of drug-likeness (QED) is 0.734. The first kappa shape index (κ1) is 14.5. The Hall–Kier alpha value is -1.52. The first-order chi connectivity index (χ1) is 8.41. The van der Waals surface area contributed by atoms with Gasteiger partial charge in [-0.15, -0.1) is 0 Å². The van der Waals surface area contributed by atoms with Gasteiger partial charge in [-0.1, -0.05) is 18.6 Å². The molecule has 0 bridgehead atoms. The third-order valence-electron chi connectivity index (χ3n) is 3.35. The van der Waals surface area contributed by atoms with Crippen LogP contribution < -0.4 is 5.32 Å². The van der Waals surface area contributed by atoms with Gasteiger partial charge in [0.2, 0.25) is 0 Å². The molecule has 2 atom stereocenters. The van der Waals surface area contributed by atoms with Gasteiger partial charge >= 0.3 is 12.0 Å². The Morgan fingerprint density at radius 2 is 2.11 bits per heavy atom. The van der Waals surface area contributed by atoms with E-state index in [1.807, 2.05) is 6.92 Å². The molecule has 1 saturated carbocycles. The van der Waals surface area contributed by atoms with Gasteiger partial charge in [0.25, 0.3) is 0 Å². The van der Waals surface area contributed by atoms with Crippen molar-refractivity contribution >= 4 is 12.0 Å². The summed E-state index contributed by atoms with van der Waals surface area (Å²) in [6.07, 6.45) is 2.53. The summed E-state index contributed by atoms with van der Waals surface area (Å²) in [5.74, 6) is -0.997. The highest BCUT2D eigenvalue weighted by atomic mass is 16.4. The molecule has 1 fully saturated rings. The number of amides is 2. The van der Waals surface area contributed by atoms with E-state index < -0.39 is 5.97 Å². The van der Waals surface area contributed by atoms with Gasteiger partial charge in [-0.2, -0.15) is 0 Å². The van der Waals surface area contributed by atoms with Crippen molar-refractivity contribution in [2.75, 3.05) is 20.1 Å². The van der Waals surface area contributed by atoms with Gasteiger partial charge < -0.3 is 15.3 Å². The van der Waals surface area contributed by atoms with Crippen LogP contribution in [0.5, 0.6) is 0 Å². The maximum atomic E-state index is 11.7. The standard InChI is InChI=1S/C13H22N2O3/c1-9(2)8-15(3)13(18)14-7-10-5-4-6-11(10)12(16)17/h10-11H,1,4-8H2,2-3H3,(H,14,18)(H,16,17). The molecule has 2 amide bonds. The van der Waals surface area contributed by atoms with Gasteiger partial charge in [0.05, 0.1) is 5.92 Å². The molecule has 0 radical (unpaired) electrons. The topological polar surface area (TPSA) is 69.6 Å². The van der Waals surface area contributed by atoms with Gasteiger partial charge in [-0.3, -0.25) is 4.79 Å². The van der Waals surface area contributed by atoms with Crippen molar-refractivity contribution in [3.8, 4) is 0 Å². The summed E-state index contributed by atoms with van der Waals surface area (Å²) in [5.41, 5.74) is 0.914.